The molecule has 3 aliphatic rings. The molecule has 0 atom stereocenters. The predicted molar refractivity (Wildman–Crippen MR) is 141 cm³/mol. The minimum absolute atomic E-state index is 0.0309. The Morgan fingerprint density at radius 2 is 1.78 bits per heavy atom. The number of hydrogen-bond donors (Lipinski definition) is 1. The Labute approximate surface area is 215 Å². The normalized spacial score (nSPS) is 24.1. The molecule has 1 aromatic heterocycles. The minimum Gasteiger partial charge on any atom is -0.349 e. The van der Waals surface area contributed by atoms with Gasteiger partial charge in [0.1, 0.15) is 0 Å². The first-order valence-electron chi connectivity index (χ1n) is 13.5. The van der Waals surface area contributed by atoms with Gasteiger partial charge in [0.05, 0.1) is 5.56 Å². The minimum atomic E-state index is -2.53. The third-order valence-corrected chi connectivity index (χ3v) is 10.1. The summed E-state index contributed by atoms with van der Waals surface area (Å²) in [4.78, 5) is 13.4. The van der Waals surface area contributed by atoms with E-state index in [0.29, 0.717) is 23.0 Å². The van der Waals surface area contributed by atoms with Crippen molar-refractivity contribution in [2.75, 3.05) is 11.5 Å². The van der Waals surface area contributed by atoms with Gasteiger partial charge in [0.15, 0.2) is 0 Å². The van der Waals surface area contributed by atoms with Crippen LogP contribution in [0.1, 0.15) is 98.3 Å². The highest BCUT2D eigenvalue weighted by atomic mass is 32.2. The number of aromatic nitrogens is 1. The molecule has 1 N–H and O–H groups in total. The summed E-state index contributed by atoms with van der Waals surface area (Å²) in [6.07, 6.45) is 7.00. The Morgan fingerprint density at radius 1 is 1.08 bits per heavy atom. The van der Waals surface area contributed by atoms with Gasteiger partial charge in [-0.15, -0.1) is 0 Å². The van der Waals surface area contributed by atoms with Gasteiger partial charge < -0.3 is 9.88 Å². The number of hydrogen-bond acceptors (Lipinski definition) is 2. The number of alkyl halides is 2. The molecule has 36 heavy (non-hydrogen) atoms. The Hall–Kier alpha value is -2.02. The molecule has 0 spiro atoms. The van der Waals surface area contributed by atoms with Crippen molar-refractivity contribution < 1.29 is 17.8 Å². The number of benzene rings is 1. The van der Waals surface area contributed by atoms with E-state index in [1.54, 1.807) is 12.1 Å². The molecule has 1 aromatic carbocycles. The first kappa shape index (κ1) is 25.6. The van der Waals surface area contributed by atoms with Crippen LogP contribution in [0.3, 0.4) is 0 Å². The smallest absolute Gasteiger partial charge is 0.263 e. The van der Waals surface area contributed by atoms with E-state index in [1.807, 2.05) is 13.0 Å². The number of carbonyl (C=O) groups excluding carboxylic acids is 1. The lowest BCUT2D eigenvalue weighted by atomic mass is 9.89. The third-order valence-electron chi connectivity index (χ3n) is 8.70. The van der Waals surface area contributed by atoms with E-state index in [1.165, 1.54) is 19.3 Å². The average molecular weight is 517 g/mol. The predicted octanol–water partition coefficient (Wildman–Crippen LogP) is 6.67. The Kier molecular flexibility index (Phi) is 7.39. The molecule has 1 aliphatic heterocycles. The van der Waals surface area contributed by atoms with E-state index < -0.39 is 17.2 Å². The van der Waals surface area contributed by atoms with Crippen molar-refractivity contribution in [2.45, 2.75) is 96.1 Å². The first-order valence-corrected chi connectivity index (χ1v) is 15.0. The topological polar surface area (TPSA) is 51.1 Å². The lowest BCUT2D eigenvalue weighted by Gasteiger charge is -2.25. The molecular weight excluding hydrogens is 478 g/mol. The number of nitrogens with zero attached hydrogens (tertiary/aromatic N) is 1. The van der Waals surface area contributed by atoms with Crippen molar-refractivity contribution in [2.24, 2.45) is 5.92 Å². The van der Waals surface area contributed by atoms with Crippen LogP contribution in [0.25, 0.3) is 11.3 Å². The highest BCUT2D eigenvalue weighted by molar-refractivity contribution is 7.85. The molecule has 4 nitrogen and oxygen atoms in total. The van der Waals surface area contributed by atoms with Gasteiger partial charge in [0, 0.05) is 51.8 Å². The zero-order valence-corrected chi connectivity index (χ0v) is 22.3. The van der Waals surface area contributed by atoms with E-state index in [9.17, 15) is 17.8 Å². The lowest BCUT2D eigenvalue weighted by Crippen LogP contribution is -2.39. The largest absolute Gasteiger partial charge is 0.349 e. The molecule has 2 aliphatic carbocycles. The van der Waals surface area contributed by atoms with Crippen molar-refractivity contribution in [3.8, 4) is 11.3 Å². The summed E-state index contributed by atoms with van der Waals surface area (Å²) >= 11 is 0. The summed E-state index contributed by atoms with van der Waals surface area (Å²) in [6.45, 7) is 4.93. The molecular formula is C29H38F2N2O2S. The van der Waals surface area contributed by atoms with Gasteiger partial charge in [-0.25, -0.2) is 8.78 Å². The monoisotopic (exact) mass is 516 g/mol. The SMILES string of the molecule is Cc1c(C(=O)NC2CCS(=O)CC2)cc(-c2cc(C(F)F)cc(C3(C)CC3)c2)n1CC1CCCCC1. The first-order chi connectivity index (χ1) is 17.2. The molecule has 2 aromatic rings. The van der Waals surface area contributed by atoms with Gasteiger partial charge in [-0.3, -0.25) is 9.00 Å². The summed E-state index contributed by atoms with van der Waals surface area (Å²) in [6, 6.07) is 7.30. The van der Waals surface area contributed by atoms with Gasteiger partial charge in [-0.05, 0) is 92.2 Å². The molecule has 5 rings (SSSR count). The van der Waals surface area contributed by atoms with E-state index in [4.69, 9.17) is 0 Å². The van der Waals surface area contributed by atoms with Crippen molar-refractivity contribution >= 4 is 16.7 Å². The molecule has 1 saturated heterocycles. The van der Waals surface area contributed by atoms with Crippen LogP contribution in [0.15, 0.2) is 24.3 Å². The summed E-state index contributed by atoms with van der Waals surface area (Å²) in [5, 5.41) is 3.16. The zero-order chi connectivity index (χ0) is 25.4. The maximum atomic E-state index is 13.9. The standard InChI is InChI=1S/C29H38F2N2O2S/c1-19-25(28(34)32-24-8-12-36(35)13-9-24)17-26(33(19)18-20-6-4-3-5-7-20)21-14-22(27(30)31)16-23(15-21)29(2)10-11-29/h14-17,20,24,27H,3-13,18H2,1-2H3,(H,32,34). The summed E-state index contributed by atoms with van der Waals surface area (Å²) < 4.78 is 41.8. The van der Waals surface area contributed by atoms with Crippen LogP contribution in [0.4, 0.5) is 8.78 Å². The zero-order valence-electron chi connectivity index (χ0n) is 21.5. The second-order valence-corrected chi connectivity index (χ2v) is 13.1. The summed E-state index contributed by atoms with van der Waals surface area (Å²) in [5.41, 5.74) is 4.15. The average Bonchev–Trinajstić information content (AvgIpc) is 3.55. The molecule has 0 bridgehead atoms. The van der Waals surface area contributed by atoms with Gasteiger partial charge >= 0.3 is 0 Å². The van der Waals surface area contributed by atoms with Crippen LogP contribution in [-0.2, 0) is 22.8 Å². The summed E-state index contributed by atoms with van der Waals surface area (Å²) in [5.74, 6) is 1.67. The number of carbonyl (C=O) groups is 1. The van der Waals surface area contributed by atoms with Crippen molar-refractivity contribution in [1.82, 2.24) is 9.88 Å². The number of amides is 1. The fraction of sp³-hybridized carbons (Fsp3) is 0.621. The van der Waals surface area contributed by atoms with Crippen LogP contribution < -0.4 is 5.32 Å². The van der Waals surface area contributed by atoms with Gasteiger partial charge in [0.25, 0.3) is 12.3 Å². The molecule has 3 fully saturated rings. The molecule has 2 heterocycles. The molecule has 7 heteroatoms. The van der Waals surface area contributed by atoms with Gasteiger partial charge in [0.2, 0.25) is 0 Å². The Bertz CT molecular complexity index is 1140. The Morgan fingerprint density at radius 3 is 2.42 bits per heavy atom. The second-order valence-electron chi connectivity index (χ2n) is 11.4. The maximum Gasteiger partial charge on any atom is 0.263 e. The highest BCUT2D eigenvalue weighted by Crippen LogP contribution is 2.49. The van der Waals surface area contributed by atoms with Crippen molar-refractivity contribution in [3.63, 3.8) is 0 Å². The summed E-state index contributed by atoms with van der Waals surface area (Å²) in [7, 11) is -0.781. The van der Waals surface area contributed by atoms with Crippen LogP contribution in [0, 0.1) is 12.8 Å². The van der Waals surface area contributed by atoms with Crippen LogP contribution in [-0.4, -0.2) is 32.2 Å². The van der Waals surface area contributed by atoms with E-state index in [-0.39, 0.29) is 22.9 Å². The van der Waals surface area contributed by atoms with E-state index in [2.05, 4.69) is 22.9 Å². The van der Waals surface area contributed by atoms with Crippen LogP contribution in [0.5, 0.6) is 0 Å². The maximum absolute atomic E-state index is 13.9. The fourth-order valence-electron chi connectivity index (χ4n) is 5.93. The van der Waals surface area contributed by atoms with Crippen molar-refractivity contribution in [1.29, 1.82) is 0 Å². The second kappa shape index (κ2) is 10.4. The van der Waals surface area contributed by atoms with Crippen LogP contribution in [0.2, 0.25) is 0 Å². The fourth-order valence-corrected chi connectivity index (χ4v) is 7.23. The number of nitrogens with one attached hydrogen (secondary N) is 1. The van der Waals surface area contributed by atoms with Crippen LogP contribution >= 0.6 is 0 Å². The molecule has 196 valence electrons. The highest BCUT2D eigenvalue weighted by Gasteiger charge is 2.40. The Balaban J connectivity index is 1.52. The molecule has 2 saturated carbocycles. The number of halogens is 2. The van der Waals surface area contributed by atoms with Crippen molar-refractivity contribution in [3.05, 3.63) is 46.6 Å². The van der Waals surface area contributed by atoms with E-state index in [0.717, 1.165) is 67.6 Å². The quantitative estimate of drug-likeness (QED) is 0.447. The lowest BCUT2D eigenvalue weighted by molar-refractivity contribution is 0.0933. The molecule has 0 unspecified atom stereocenters. The van der Waals surface area contributed by atoms with Gasteiger partial charge in [-0.2, -0.15) is 0 Å². The molecule has 1 amide bonds. The molecule has 0 radical (unpaired) electrons. The number of rotatable bonds is 7. The van der Waals surface area contributed by atoms with Gasteiger partial charge in [-0.1, -0.05) is 26.2 Å². The third kappa shape index (κ3) is 5.46. The van der Waals surface area contributed by atoms with E-state index >= 15 is 0 Å².